The van der Waals surface area contributed by atoms with Crippen molar-refractivity contribution in [3.63, 3.8) is 0 Å². The summed E-state index contributed by atoms with van der Waals surface area (Å²) in [5, 5.41) is 2.89. The number of carbonyl (C=O) groups is 1. The molecule has 23 heavy (non-hydrogen) atoms. The fourth-order valence-electron chi connectivity index (χ4n) is 2.32. The molecular formula is C20H23NO2. The fourth-order valence-corrected chi connectivity index (χ4v) is 2.32. The van der Waals surface area contributed by atoms with Gasteiger partial charge < -0.3 is 10.1 Å². The molecule has 0 unspecified atom stereocenters. The first-order valence-corrected chi connectivity index (χ1v) is 7.66. The highest BCUT2D eigenvalue weighted by Gasteiger charge is 2.01. The minimum atomic E-state index is -0.0987. The highest BCUT2D eigenvalue weighted by Crippen LogP contribution is 2.16. The van der Waals surface area contributed by atoms with Gasteiger partial charge in [0.1, 0.15) is 5.75 Å². The number of carbonyl (C=O) groups excluding carboxylic acids is 1. The maximum Gasteiger partial charge on any atom is 0.244 e. The SMILES string of the molecule is COc1ccc(CNC(=O)/C=C/c2cc(C)c(C)cc2C)cc1. The van der Waals surface area contributed by atoms with Crippen molar-refractivity contribution in [2.45, 2.75) is 27.3 Å². The summed E-state index contributed by atoms with van der Waals surface area (Å²) in [5.41, 5.74) is 5.78. The van der Waals surface area contributed by atoms with Crippen LogP contribution in [0, 0.1) is 20.8 Å². The number of rotatable bonds is 5. The Kier molecular flexibility index (Phi) is 5.58. The molecule has 3 heteroatoms. The Hall–Kier alpha value is -2.55. The van der Waals surface area contributed by atoms with Crippen molar-refractivity contribution in [3.05, 3.63) is 70.3 Å². The van der Waals surface area contributed by atoms with Crippen LogP contribution in [0.5, 0.6) is 5.75 Å². The molecule has 0 spiro atoms. The summed E-state index contributed by atoms with van der Waals surface area (Å²) in [6.45, 7) is 6.73. The Morgan fingerprint density at radius 2 is 1.70 bits per heavy atom. The van der Waals surface area contributed by atoms with Gasteiger partial charge >= 0.3 is 0 Å². The Morgan fingerprint density at radius 3 is 2.35 bits per heavy atom. The molecule has 0 aromatic heterocycles. The van der Waals surface area contributed by atoms with Crippen LogP contribution in [0.1, 0.15) is 27.8 Å². The topological polar surface area (TPSA) is 38.3 Å². The second-order valence-electron chi connectivity index (χ2n) is 5.69. The van der Waals surface area contributed by atoms with Gasteiger partial charge in [0.25, 0.3) is 0 Å². The van der Waals surface area contributed by atoms with Gasteiger partial charge in [0.05, 0.1) is 7.11 Å². The van der Waals surface area contributed by atoms with E-state index >= 15 is 0 Å². The number of amides is 1. The zero-order chi connectivity index (χ0) is 16.8. The highest BCUT2D eigenvalue weighted by molar-refractivity contribution is 5.91. The summed E-state index contributed by atoms with van der Waals surface area (Å²) in [6, 6.07) is 11.9. The molecule has 0 fully saturated rings. The molecule has 0 aliphatic rings. The number of hydrogen-bond donors (Lipinski definition) is 1. The van der Waals surface area contributed by atoms with Gasteiger partial charge in [-0.05, 0) is 66.8 Å². The fraction of sp³-hybridized carbons (Fsp3) is 0.250. The summed E-state index contributed by atoms with van der Waals surface area (Å²) in [4.78, 5) is 12.0. The maximum absolute atomic E-state index is 12.0. The Morgan fingerprint density at radius 1 is 1.04 bits per heavy atom. The number of aryl methyl sites for hydroxylation is 3. The minimum Gasteiger partial charge on any atom is -0.497 e. The molecule has 2 rings (SSSR count). The van der Waals surface area contributed by atoms with Crippen LogP contribution in [-0.2, 0) is 11.3 Å². The Labute approximate surface area is 138 Å². The predicted octanol–water partition coefficient (Wildman–Crippen LogP) is 3.95. The van der Waals surface area contributed by atoms with E-state index in [9.17, 15) is 4.79 Å². The summed E-state index contributed by atoms with van der Waals surface area (Å²) in [5.74, 6) is 0.712. The van der Waals surface area contributed by atoms with E-state index in [2.05, 4.69) is 38.2 Å². The second-order valence-corrected chi connectivity index (χ2v) is 5.69. The number of ether oxygens (including phenoxy) is 1. The van der Waals surface area contributed by atoms with Crippen molar-refractivity contribution in [2.75, 3.05) is 7.11 Å². The van der Waals surface area contributed by atoms with Crippen LogP contribution in [0.3, 0.4) is 0 Å². The van der Waals surface area contributed by atoms with Gasteiger partial charge in [0.15, 0.2) is 0 Å². The van der Waals surface area contributed by atoms with Crippen LogP contribution >= 0.6 is 0 Å². The lowest BCUT2D eigenvalue weighted by atomic mass is 10.0. The third-order valence-electron chi connectivity index (χ3n) is 3.92. The molecule has 120 valence electrons. The molecule has 0 radical (unpaired) electrons. The van der Waals surface area contributed by atoms with E-state index in [-0.39, 0.29) is 5.91 Å². The van der Waals surface area contributed by atoms with Gasteiger partial charge in [0, 0.05) is 12.6 Å². The minimum absolute atomic E-state index is 0.0987. The number of benzene rings is 2. The van der Waals surface area contributed by atoms with Crippen molar-refractivity contribution >= 4 is 12.0 Å². The van der Waals surface area contributed by atoms with Crippen molar-refractivity contribution in [1.82, 2.24) is 5.32 Å². The van der Waals surface area contributed by atoms with E-state index in [4.69, 9.17) is 4.74 Å². The summed E-state index contributed by atoms with van der Waals surface area (Å²) in [6.07, 6.45) is 3.45. The third kappa shape index (κ3) is 4.71. The van der Waals surface area contributed by atoms with Crippen LogP contribution in [0.15, 0.2) is 42.5 Å². The maximum atomic E-state index is 12.0. The van der Waals surface area contributed by atoms with E-state index < -0.39 is 0 Å². The lowest BCUT2D eigenvalue weighted by Gasteiger charge is -2.06. The Balaban J connectivity index is 1.95. The van der Waals surface area contributed by atoms with Crippen LogP contribution in [0.2, 0.25) is 0 Å². The largest absolute Gasteiger partial charge is 0.497 e. The average molecular weight is 309 g/mol. The van der Waals surface area contributed by atoms with Gasteiger partial charge in [-0.1, -0.05) is 24.3 Å². The normalized spacial score (nSPS) is 10.8. The van der Waals surface area contributed by atoms with Gasteiger partial charge in [0.2, 0.25) is 5.91 Å². The predicted molar refractivity (Wildman–Crippen MR) is 94.5 cm³/mol. The average Bonchev–Trinajstić information content (AvgIpc) is 2.55. The van der Waals surface area contributed by atoms with Gasteiger partial charge in [-0.3, -0.25) is 4.79 Å². The number of nitrogens with one attached hydrogen (secondary N) is 1. The van der Waals surface area contributed by atoms with E-state index in [1.54, 1.807) is 13.2 Å². The van der Waals surface area contributed by atoms with Crippen molar-refractivity contribution in [3.8, 4) is 5.75 Å². The van der Waals surface area contributed by atoms with Crippen molar-refractivity contribution in [1.29, 1.82) is 0 Å². The number of methoxy groups -OCH3 is 1. The molecule has 0 bridgehead atoms. The first-order chi connectivity index (χ1) is 11.0. The smallest absolute Gasteiger partial charge is 0.244 e. The lowest BCUT2D eigenvalue weighted by molar-refractivity contribution is -0.116. The molecule has 0 aliphatic carbocycles. The zero-order valence-electron chi connectivity index (χ0n) is 14.1. The quantitative estimate of drug-likeness (QED) is 0.849. The molecular weight excluding hydrogens is 286 g/mol. The molecule has 1 N–H and O–H groups in total. The first kappa shape index (κ1) is 16.8. The standard InChI is InChI=1S/C20H23NO2/c1-14-11-16(3)18(12-15(14)2)7-10-20(22)21-13-17-5-8-19(23-4)9-6-17/h5-12H,13H2,1-4H3,(H,21,22)/b10-7+. The molecule has 2 aromatic carbocycles. The van der Waals surface area contributed by atoms with E-state index in [0.717, 1.165) is 16.9 Å². The van der Waals surface area contributed by atoms with Gasteiger partial charge in [-0.2, -0.15) is 0 Å². The number of hydrogen-bond acceptors (Lipinski definition) is 2. The molecule has 0 aliphatic heterocycles. The summed E-state index contributed by atoms with van der Waals surface area (Å²) >= 11 is 0. The first-order valence-electron chi connectivity index (χ1n) is 7.66. The van der Waals surface area contributed by atoms with E-state index in [1.165, 1.54) is 16.7 Å². The zero-order valence-corrected chi connectivity index (χ0v) is 14.1. The monoisotopic (exact) mass is 309 g/mol. The molecule has 0 atom stereocenters. The third-order valence-corrected chi connectivity index (χ3v) is 3.92. The lowest BCUT2D eigenvalue weighted by Crippen LogP contribution is -2.20. The molecule has 1 amide bonds. The van der Waals surface area contributed by atoms with Crippen LogP contribution < -0.4 is 10.1 Å². The van der Waals surface area contributed by atoms with Gasteiger partial charge in [-0.15, -0.1) is 0 Å². The van der Waals surface area contributed by atoms with Gasteiger partial charge in [-0.25, -0.2) is 0 Å². The molecule has 2 aromatic rings. The van der Waals surface area contributed by atoms with Crippen LogP contribution in [0.4, 0.5) is 0 Å². The molecule has 0 saturated heterocycles. The second kappa shape index (κ2) is 7.63. The van der Waals surface area contributed by atoms with Crippen molar-refractivity contribution < 1.29 is 9.53 Å². The van der Waals surface area contributed by atoms with E-state index in [1.807, 2.05) is 30.3 Å². The highest BCUT2D eigenvalue weighted by atomic mass is 16.5. The summed E-state index contributed by atoms with van der Waals surface area (Å²) in [7, 11) is 1.64. The molecule has 0 saturated carbocycles. The molecule has 3 nitrogen and oxygen atoms in total. The molecule has 0 heterocycles. The van der Waals surface area contributed by atoms with Crippen molar-refractivity contribution in [2.24, 2.45) is 0 Å². The van der Waals surface area contributed by atoms with Crippen LogP contribution in [-0.4, -0.2) is 13.0 Å². The summed E-state index contributed by atoms with van der Waals surface area (Å²) < 4.78 is 5.11. The van der Waals surface area contributed by atoms with Crippen LogP contribution in [0.25, 0.3) is 6.08 Å². The Bertz CT molecular complexity index is 715. The van der Waals surface area contributed by atoms with E-state index in [0.29, 0.717) is 6.54 Å².